The summed E-state index contributed by atoms with van der Waals surface area (Å²) in [6, 6.07) is 8.98. The van der Waals surface area contributed by atoms with Gasteiger partial charge in [0.1, 0.15) is 5.75 Å². The van der Waals surface area contributed by atoms with E-state index in [1.165, 1.54) is 18.9 Å². The van der Waals surface area contributed by atoms with E-state index in [0.717, 1.165) is 6.42 Å². The van der Waals surface area contributed by atoms with Crippen molar-refractivity contribution in [2.75, 3.05) is 19.0 Å². The third-order valence-electron chi connectivity index (χ3n) is 3.01. The van der Waals surface area contributed by atoms with Crippen LogP contribution in [-0.4, -0.2) is 25.5 Å². The van der Waals surface area contributed by atoms with Crippen LogP contribution in [0.25, 0.3) is 0 Å². The lowest BCUT2D eigenvalue weighted by Crippen LogP contribution is -2.25. The van der Waals surface area contributed by atoms with Crippen molar-refractivity contribution in [3.63, 3.8) is 0 Å². The number of ether oxygens (including phenoxy) is 1. The number of anilines is 1. The normalized spacial score (nSPS) is 10.1. The molecular formula is C16H18N2O3S. The number of thiophene rings is 1. The van der Waals surface area contributed by atoms with Crippen molar-refractivity contribution in [1.82, 2.24) is 5.32 Å². The Kier molecular flexibility index (Phi) is 5.55. The lowest BCUT2D eigenvalue weighted by atomic mass is 10.1. The van der Waals surface area contributed by atoms with Crippen LogP contribution in [0.2, 0.25) is 0 Å². The lowest BCUT2D eigenvalue weighted by molar-refractivity contribution is -0.114. The van der Waals surface area contributed by atoms with Gasteiger partial charge in [0.2, 0.25) is 5.91 Å². The van der Waals surface area contributed by atoms with Crippen LogP contribution in [-0.2, 0) is 11.2 Å². The van der Waals surface area contributed by atoms with Gasteiger partial charge < -0.3 is 15.4 Å². The molecule has 0 saturated carbocycles. The summed E-state index contributed by atoms with van der Waals surface area (Å²) < 4.78 is 5.17. The number of hydrogen-bond donors (Lipinski definition) is 2. The van der Waals surface area contributed by atoms with Gasteiger partial charge in [-0.1, -0.05) is 6.07 Å². The molecule has 0 aliphatic carbocycles. The Morgan fingerprint density at radius 1 is 1.27 bits per heavy atom. The topological polar surface area (TPSA) is 67.4 Å². The summed E-state index contributed by atoms with van der Waals surface area (Å²) in [7, 11) is 1.52. The van der Waals surface area contributed by atoms with Crippen molar-refractivity contribution in [3.8, 4) is 5.75 Å². The lowest BCUT2D eigenvalue weighted by Gasteiger charge is -2.11. The quantitative estimate of drug-likeness (QED) is 0.860. The molecule has 0 bridgehead atoms. The number of carbonyl (C=O) groups is 2. The molecule has 0 saturated heterocycles. The summed E-state index contributed by atoms with van der Waals surface area (Å²) in [5.41, 5.74) is 0.969. The van der Waals surface area contributed by atoms with E-state index in [4.69, 9.17) is 4.74 Å². The zero-order chi connectivity index (χ0) is 15.9. The molecule has 0 atom stereocenters. The van der Waals surface area contributed by atoms with Gasteiger partial charge in [-0.05, 0) is 36.1 Å². The predicted molar refractivity (Wildman–Crippen MR) is 87.7 cm³/mol. The van der Waals surface area contributed by atoms with Crippen LogP contribution < -0.4 is 15.4 Å². The van der Waals surface area contributed by atoms with Crippen molar-refractivity contribution in [3.05, 3.63) is 46.2 Å². The molecule has 0 unspecified atom stereocenters. The molecule has 2 amide bonds. The summed E-state index contributed by atoms with van der Waals surface area (Å²) in [6.07, 6.45) is 0.804. The fraction of sp³-hybridized carbons (Fsp3) is 0.250. The highest BCUT2D eigenvalue weighted by Gasteiger charge is 2.11. The van der Waals surface area contributed by atoms with Crippen LogP contribution in [0.3, 0.4) is 0 Å². The number of benzene rings is 1. The van der Waals surface area contributed by atoms with Gasteiger partial charge in [0, 0.05) is 23.9 Å². The summed E-state index contributed by atoms with van der Waals surface area (Å²) in [4.78, 5) is 24.6. The average molecular weight is 318 g/mol. The van der Waals surface area contributed by atoms with Crippen LogP contribution in [0.4, 0.5) is 5.69 Å². The average Bonchev–Trinajstić information content (AvgIpc) is 2.99. The molecule has 0 aliphatic heterocycles. The second-order valence-corrected chi connectivity index (χ2v) is 5.71. The molecule has 2 rings (SSSR count). The molecule has 0 aliphatic rings. The van der Waals surface area contributed by atoms with Gasteiger partial charge in [-0.3, -0.25) is 9.59 Å². The fourth-order valence-electron chi connectivity index (χ4n) is 1.99. The second-order valence-electron chi connectivity index (χ2n) is 4.68. The summed E-state index contributed by atoms with van der Waals surface area (Å²) in [5.74, 6) is 0.129. The van der Waals surface area contributed by atoms with E-state index in [1.807, 2.05) is 17.5 Å². The van der Waals surface area contributed by atoms with Crippen LogP contribution in [0.1, 0.15) is 22.2 Å². The highest BCUT2D eigenvalue weighted by atomic mass is 32.1. The Balaban J connectivity index is 2.00. The number of hydrogen-bond acceptors (Lipinski definition) is 4. The second kappa shape index (κ2) is 7.61. The maximum absolute atomic E-state index is 12.1. The minimum absolute atomic E-state index is 0.175. The molecule has 6 heteroatoms. The molecule has 2 N–H and O–H groups in total. The van der Waals surface area contributed by atoms with Crippen LogP contribution in [0.15, 0.2) is 35.7 Å². The van der Waals surface area contributed by atoms with Gasteiger partial charge in [-0.2, -0.15) is 0 Å². The maximum atomic E-state index is 12.1. The minimum Gasteiger partial charge on any atom is -0.495 e. The standard InChI is InChI=1S/C16H18N2O3S/c1-11(19)18-14-10-12(5-6-15(14)21-2)16(20)17-8-7-13-4-3-9-22-13/h3-6,9-10H,7-8H2,1-2H3,(H,17,20)(H,18,19). The molecule has 5 nitrogen and oxygen atoms in total. The number of nitrogens with one attached hydrogen (secondary N) is 2. The largest absolute Gasteiger partial charge is 0.495 e. The van der Waals surface area contributed by atoms with E-state index < -0.39 is 0 Å². The Morgan fingerprint density at radius 2 is 2.09 bits per heavy atom. The Labute approximate surface area is 133 Å². The minimum atomic E-state index is -0.214. The number of carbonyl (C=O) groups excluding carboxylic acids is 2. The first-order chi connectivity index (χ1) is 10.6. The molecule has 0 fully saturated rings. The highest BCUT2D eigenvalue weighted by Crippen LogP contribution is 2.25. The molecule has 1 heterocycles. The fourth-order valence-corrected chi connectivity index (χ4v) is 2.70. The number of methoxy groups -OCH3 is 1. The summed E-state index contributed by atoms with van der Waals surface area (Å²) >= 11 is 1.67. The van der Waals surface area contributed by atoms with Crippen molar-refractivity contribution in [2.24, 2.45) is 0 Å². The van der Waals surface area contributed by atoms with Crippen LogP contribution >= 0.6 is 11.3 Å². The zero-order valence-electron chi connectivity index (χ0n) is 12.5. The van der Waals surface area contributed by atoms with Crippen LogP contribution in [0.5, 0.6) is 5.75 Å². The van der Waals surface area contributed by atoms with Crippen molar-refractivity contribution < 1.29 is 14.3 Å². The Hall–Kier alpha value is -2.34. The van der Waals surface area contributed by atoms with Gasteiger partial charge in [0.05, 0.1) is 12.8 Å². The van der Waals surface area contributed by atoms with Crippen molar-refractivity contribution >= 4 is 28.8 Å². The molecule has 1 aromatic heterocycles. The Morgan fingerprint density at radius 3 is 2.73 bits per heavy atom. The number of amides is 2. The third-order valence-corrected chi connectivity index (χ3v) is 3.95. The first-order valence-electron chi connectivity index (χ1n) is 6.86. The Bertz CT molecular complexity index is 653. The first-order valence-corrected chi connectivity index (χ1v) is 7.74. The van der Waals surface area contributed by atoms with E-state index in [0.29, 0.717) is 23.5 Å². The monoisotopic (exact) mass is 318 g/mol. The molecule has 1 aromatic carbocycles. The molecular weight excluding hydrogens is 300 g/mol. The van der Waals surface area contributed by atoms with E-state index in [2.05, 4.69) is 10.6 Å². The van der Waals surface area contributed by atoms with Crippen molar-refractivity contribution in [1.29, 1.82) is 0 Å². The smallest absolute Gasteiger partial charge is 0.251 e. The molecule has 0 radical (unpaired) electrons. The highest BCUT2D eigenvalue weighted by molar-refractivity contribution is 7.09. The van der Waals surface area contributed by atoms with Gasteiger partial charge in [0.15, 0.2) is 0 Å². The van der Waals surface area contributed by atoms with Gasteiger partial charge >= 0.3 is 0 Å². The van der Waals surface area contributed by atoms with E-state index in [-0.39, 0.29) is 11.8 Å². The summed E-state index contributed by atoms with van der Waals surface area (Å²) in [6.45, 7) is 1.98. The molecule has 2 aromatic rings. The molecule has 116 valence electrons. The van der Waals surface area contributed by atoms with Crippen molar-refractivity contribution in [2.45, 2.75) is 13.3 Å². The number of rotatable bonds is 6. The van der Waals surface area contributed by atoms with E-state index in [1.54, 1.807) is 29.5 Å². The van der Waals surface area contributed by atoms with Gasteiger partial charge in [0.25, 0.3) is 5.91 Å². The zero-order valence-corrected chi connectivity index (χ0v) is 13.3. The third kappa shape index (κ3) is 4.33. The molecule has 22 heavy (non-hydrogen) atoms. The van der Waals surface area contributed by atoms with E-state index >= 15 is 0 Å². The molecule has 0 spiro atoms. The SMILES string of the molecule is COc1ccc(C(=O)NCCc2cccs2)cc1NC(C)=O. The first kappa shape index (κ1) is 16.0. The predicted octanol–water partition coefficient (Wildman–Crippen LogP) is 2.69. The van der Waals surface area contributed by atoms with Gasteiger partial charge in [-0.25, -0.2) is 0 Å². The maximum Gasteiger partial charge on any atom is 0.251 e. The summed E-state index contributed by atoms with van der Waals surface area (Å²) in [5, 5.41) is 7.54. The van der Waals surface area contributed by atoms with Crippen LogP contribution in [0, 0.1) is 0 Å². The van der Waals surface area contributed by atoms with E-state index in [9.17, 15) is 9.59 Å². The van der Waals surface area contributed by atoms with Gasteiger partial charge in [-0.15, -0.1) is 11.3 Å².